The summed E-state index contributed by atoms with van der Waals surface area (Å²) in [7, 11) is 3.10. The molecule has 0 aliphatic heterocycles. The minimum atomic E-state index is -0.390. The number of amides is 3. The molecule has 0 atom stereocenters. The predicted octanol–water partition coefficient (Wildman–Crippen LogP) is 2.23. The normalized spacial score (nSPS) is 9.36. The number of carbonyl (C=O) groups is 2. The SMILES string of the molecule is CNC(=O)c1ccccc1C#CCNC(=O)Nc1ccccc1OC. The monoisotopic (exact) mass is 337 g/mol. The summed E-state index contributed by atoms with van der Waals surface area (Å²) < 4.78 is 5.17. The summed E-state index contributed by atoms with van der Waals surface area (Å²) in [6.45, 7) is 0.142. The van der Waals surface area contributed by atoms with Gasteiger partial charge in [0.1, 0.15) is 5.75 Å². The van der Waals surface area contributed by atoms with Gasteiger partial charge in [0.05, 0.1) is 24.9 Å². The average molecular weight is 337 g/mol. The van der Waals surface area contributed by atoms with E-state index in [1.165, 1.54) is 7.11 Å². The number of rotatable bonds is 4. The number of nitrogens with one attached hydrogen (secondary N) is 3. The van der Waals surface area contributed by atoms with Crippen molar-refractivity contribution >= 4 is 17.6 Å². The lowest BCUT2D eigenvalue weighted by Gasteiger charge is -2.09. The number of urea groups is 1. The van der Waals surface area contributed by atoms with Gasteiger partial charge in [-0.25, -0.2) is 4.79 Å². The Morgan fingerprint density at radius 3 is 2.56 bits per heavy atom. The van der Waals surface area contributed by atoms with Crippen molar-refractivity contribution in [1.29, 1.82) is 0 Å². The molecule has 0 aromatic heterocycles. The highest BCUT2D eigenvalue weighted by atomic mass is 16.5. The van der Waals surface area contributed by atoms with Crippen molar-refractivity contribution in [2.45, 2.75) is 0 Å². The molecule has 0 unspecified atom stereocenters. The van der Waals surface area contributed by atoms with Crippen LogP contribution in [0.25, 0.3) is 0 Å². The van der Waals surface area contributed by atoms with Crippen molar-refractivity contribution in [2.24, 2.45) is 0 Å². The molecule has 0 aliphatic carbocycles. The molecule has 128 valence electrons. The highest BCUT2D eigenvalue weighted by Crippen LogP contribution is 2.22. The van der Waals surface area contributed by atoms with Crippen molar-refractivity contribution in [2.75, 3.05) is 26.0 Å². The van der Waals surface area contributed by atoms with Crippen LogP contribution in [0.4, 0.5) is 10.5 Å². The van der Waals surface area contributed by atoms with E-state index in [1.807, 2.05) is 6.07 Å². The molecule has 0 saturated carbocycles. The lowest BCUT2D eigenvalue weighted by Crippen LogP contribution is -2.29. The molecule has 6 heteroatoms. The van der Waals surface area contributed by atoms with Crippen LogP contribution in [0.5, 0.6) is 5.75 Å². The van der Waals surface area contributed by atoms with Gasteiger partial charge in [0.2, 0.25) is 0 Å². The fourth-order valence-electron chi connectivity index (χ4n) is 2.10. The Labute approximate surface area is 146 Å². The topological polar surface area (TPSA) is 79.5 Å². The van der Waals surface area contributed by atoms with Gasteiger partial charge in [-0.15, -0.1) is 0 Å². The summed E-state index contributed by atoms with van der Waals surface area (Å²) in [6.07, 6.45) is 0. The molecule has 0 spiro atoms. The van der Waals surface area contributed by atoms with E-state index in [9.17, 15) is 9.59 Å². The largest absolute Gasteiger partial charge is 0.495 e. The van der Waals surface area contributed by atoms with Crippen LogP contribution in [0.3, 0.4) is 0 Å². The van der Waals surface area contributed by atoms with Crippen LogP contribution in [0.15, 0.2) is 48.5 Å². The Morgan fingerprint density at radius 2 is 1.80 bits per heavy atom. The second-order valence-electron chi connectivity index (χ2n) is 4.93. The molecule has 25 heavy (non-hydrogen) atoms. The molecule has 0 bridgehead atoms. The zero-order chi connectivity index (χ0) is 18.1. The van der Waals surface area contributed by atoms with E-state index in [1.54, 1.807) is 49.5 Å². The molecule has 0 saturated heterocycles. The molecule has 2 rings (SSSR count). The van der Waals surface area contributed by atoms with Crippen LogP contribution in [0.1, 0.15) is 15.9 Å². The molecule has 0 aliphatic rings. The second kappa shape index (κ2) is 8.99. The first-order valence-corrected chi connectivity index (χ1v) is 7.63. The van der Waals surface area contributed by atoms with E-state index in [2.05, 4.69) is 27.8 Å². The van der Waals surface area contributed by atoms with Crippen LogP contribution < -0.4 is 20.7 Å². The molecule has 0 radical (unpaired) electrons. The van der Waals surface area contributed by atoms with Crippen molar-refractivity contribution in [3.63, 3.8) is 0 Å². The maximum atomic E-state index is 11.9. The van der Waals surface area contributed by atoms with Gasteiger partial charge in [0.25, 0.3) is 5.91 Å². The van der Waals surface area contributed by atoms with E-state index < -0.39 is 6.03 Å². The molecule has 3 amide bonds. The fraction of sp³-hybridized carbons (Fsp3) is 0.158. The number of carbonyl (C=O) groups excluding carboxylic acids is 2. The van der Waals surface area contributed by atoms with Gasteiger partial charge in [0, 0.05) is 12.6 Å². The van der Waals surface area contributed by atoms with Crippen molar-refractivity contribution in [3.05, 3.63) is 59.7 Å². The predicted molar refractivity (Wildman–Crippen MR) is 96.7 cm³/mol. The molecule has 2 aromatic carbocycles. The number of hydrogen-bond acceptors (Lipinski definition) is 3. The van der Waals surface area contributed by atoms with E-state index in [-0.39, 0.29) is 12.5 Å². The number of ether oxygens (including phenoxy) is 1. The number of methoxy groups -OCH3 is 1. The molecule has 0 heterocycles. The molecular formula is C19H19N3O3. The fourth-order valence-corrected chi connectivity index (χ4v) is 2.10. The first-order valence-electron chi connectivity index (χ1n) is 7.63. The van der Waals surface area contributed by atoms with Crippen molar-refractivity contribution in [1.82, 2.24) is 10.6 Å². The highest BCUT2D eigenvalue weighted by molar-refractivity contribution is 5.96. The lowest BCUT2D eigenvalue weighted by atomic mass is 10.1. The summed E-state index contributed by atoms with van der Waals surface area (Å²) >= 11 is 0. The van der Waals surface area contributed by atoms with E-state index in [4.69, 9.17) is 4.74 Å². The minimum absolute atomic E-state index is 0.142. The van der Waals surface area contributed by atoms with Gasteiger partial charge in [0.15, 0.2) is 0 Å². The van der Waals surface area contributed by atoms with Crippen LogP contribution in [0, 0.1) is 11.8 Å². The van der Waals surface area contributed by atoms with E-state index >= 15 is 0 Å². The summed E-state index contributed by atoms with van der Waals surface area (Å²) in [5, 5.41) is 7.90. The zero-order valence-electron chi connectivity index (χ0n) is 14.1. The third-order valence-corrected chi connectivity index (χ3v) is 3.31. The Hall–Kier alpha value is -3.46. The number of benzene rings is 2. The Kier molecular flexibility index (Phi) is 6.43. The van der Waals surface area contributed by atoms with Gasteiger partial charge >= 0.3 is 6.03 Å². The summed E-state index contributed by atoms with van der Waals surface area (Å²) in [4.78, 5) is 23.7. The summed E-state index contributed by atoms with van der Waals surface area (Å²) in [5.41, 5.74) is 1.67. The Bertz CT molecular complexity index is 822. The second-order valence-corrected chi connectivity index (χ2v) is 4.93. The van der Waals surface area contributed by atoms with Crippen LogP contribution in [0.2, 0.25) is 0 Å². The van der Waals surface area contributed by atoms with Crippen molar-refractivity contribution in [3.8, 4) is 17.6 Å². The summed E-state index contributed by atoms with van der Waals surface area (Å²) in [5.74, 6) is 6.10. The molecule has 3 N–H and O–H groups in total. The number of hydrogen-bond donors (Lipinski definition) is 3. The van der Waals surface area contributed by atoms with Gasteiger partial charge in [-0.2, -0.15) is 0 Å². The van der Waals surface area contributed by atoms with Gasteiger partial charge in [-0.1, -0.05) is 36.1 Å². The minimum Gasteiger partial charge on any atom is -0.495 e. The standard InChI is InChI=1S/C19H19N3O3/c1-20-18(23)15-10-4-3-8-14(15)9-7-13-21-19(24)22-16-11-5-6-12-17(16)25-2/h3-6,8,10-12H,13H2,1-2H3,(H,20,23)(H2,21,22,24). The van der Waals surface area contributed by atoms with E-state index in [0.29, 0.717) is 22.6 Å². The van der Waals surface area contributed by atoms with Crippen LogP contribution in [-0.4, -0.2) is 32.6 Å². The smallest absolute Gasteiger partial charge is 0.320 e. The van der Waals surface area contributed by atoms with E-state index in [0.717, 1.165) is 0 Å². The Balaban J connectivity index is 1.95. The number of para-hydroxylation sites is 2. The molecular weight excluding hydrogens is 318 g/mol. The lowest BCUT2D eigenvalue weighted by molar-refractivity contribution is 0.0963. The van der Waals surface area contributed by atoms with Crippen molar-refractivity contribution < 1.29 is 14.3 Å². The molecule has 2 aromatic rings. The van der Waals surface area contributed by atoms with Crippen LogP contribution in [-0.2, 0) is 0 Å². The average Bonchev–Trinajstić information content (AvgIpc) is 2.65. The Morgan fingerprint density at radius 1 is 1.08 bits per heavy atom. The first kappa shape index (κ1) is 17.9. The molecule has 6 nitrogen and oxygen atoms in total. The van der Waals surface area contributed by atoms with Gasteiger partial charge in [-0.05, 0) is 24.3 Å². The van der Waals surface area contributed by atoms with Crippen LogP contribution >= 0.6 is 0 Å². The molecule has 0 fully saturated rings. The number of anilines is 1. The summed E-state index contributed by atoms with van der Waals surface area (Å²) in [6, 6.07) is 13.8. The maximum absolute atomic E-state index is 11.9. The maximum Gasteiger partial charge on any atom is 0.320 e. The van der Waals surface area contributed by atoms with Gasteiger partial charge in [-0.3, -0.25) is 4.79 Å². The quantitative estimate of drug-likeness (QED) is 0.749. The third kappa shape index (κ3) is 5.01. The third-order valence-electron chi connectivity index (χ3n) is 3.31. The zero-order valence-corrected chi connectivity index (χ0v) is 14.1. The first-order chi connectivity index (χ1) is 12.2. The van der Waals surface area contributed by atoms with Gasteiger partial charge < -0.3 is 20.7 Å². The highest BCUT2D eigenvalue weighted by Gasteiger charge is 2.07.